The Balaban J connectivity index is 1.99. The van der Waals surface area contributed by atoms with E-state index in [1.54, 1.807) is 24.4 Å². The predicted octanol–water partition coefficient (Wildman–Crippen LogP) is 9.15. The van der Waals surface area contributed by atoms with E-state index in [1.165, 1.54) is 5.56 Å². The third-order valence-corrected chi connectivity index (χ3v) is 8.41. The molecule has 2 aromatic carbocycles. The fourth-order valence-electron chi connectivity index (χ4n) is 4.76. The molecule has 3 rings (SSSR count). The van der Waals surface area contributed by atoms with Crippen molar-refractivity contribution in [2.24, 2.45) is 0 Å². The third-order valence-electron chi connectivity index (χ3n) is 8.41. The summed E-state index contributed by atoms with van der Waals surface area (Å²) in [5.74, 6) is 0.184. The van der Waals surface area contributed by atoms with Crippen LogP contribution in [-0.2, 0) is 15.6 Å². The second-order valence-corrected chi connectivity index (χ2v) is 11.9. The lowest BCUT2D eigenvalue weighted by molar-refractivity contribution is -0.123. The summed E-state index contributed by atoms with van der Waals surface area (Å²) < 4.78 is 6.55. The van der Waals surface area contributed by atoms with Gasteiger partial charge in [-0.25, -0.2) is 0 Å². The Bertz CT molecular complexity index is 1590. The van der Waals surface area contributed by atoms with Crippen molar-refractivity contribution >= 4 is 28.1 Å². The Morgan fingerprint density at radius 1 is 1.05 bits per heavy atom. The number of rotatable bonds is 12. The highest BCUT2D eigenvalue weighted by Crippen LogP contribution is 2.39. The van der Waals surface area contributed by atoms with Gasteiger partial charge in [0, 0.05) is 33.9 Å². The van der Waals surface area contributed by atoms with Crippen LogP contribution in [-0.4, -0.2) is 17.0 Å². The minimum Gasteiger partial charge on any atom is -0.480 e. The van der Waals surface area contributed by atoms with Gasteiger partial charge >= 0.3 is 5.82 Å². The molecular formula is C35H41N5O2. The van der Waals surface area contributed by atoms with Crippen LogP contribution in [0, 0.1) is 24.5 Å². The summed E-state index contributed by atoms with van der Waals surface area (Å²) in [6, 6.07) is 13.7. The van der Waals surface area contributed by atoms with Crippen molar-refractivity contribution in [1.82, 2.24) is 4.98 Å². The molecule has 1 atom stereocenters. The number of ether oxygens (including phenoxy) is 1. The number of aromatic nitrogens is 1. The van der Waals surface area contributed by atoms with E-state index in [-0.39, 0.29) is 28.1 Å². The maximum atomic E-state index is 13.7. The molecule has 0 saturated heterocycles. The normalized spacial score (nSPS) is 12.1. The number of benzene rings is 2. The molecule has 0 spiro atoms. The first-order chi connectivity index (χ1) is 20.0. The molecule has 0 aliphatic carbocycles. The van der Waals surface area contributed by atoms with Gasteiger partial charge in [-0.2, -0.15) is 15.0 Å². The molecule has 1 amide bonds. The predicted molar refractivity (Wildman–Crippen MR) is 170 cm³/mol. The average molecular weight is 564 g/mol. The van der Waals surface area contributed by atoms with Gasteiger partial charge in [0.05, 0.1) is 6.07 Å². The number of H-pyrrole nitrogens is 1. The van der Waals surface area contributed by atoms with Crippen LogP contribution in [0.25, 0.3) is 26.2 Å². The summed E-state index contributed by atoms with van der Waals surface area (Å²) in [5, 5.41) is 13.3. The molecule has 42 heavy (non-hydrogen) atoms. The molecule has 1 aromatic heterocycles. The zero-order chi connectivity index (χ0) is 31.1. The first-order valence-corrected chi connectivity index (χ1v) is 14.6. The van der Waals surface area contributed by atoms with Crippen molar-refractivity contribution in [3.8, 4) is 11.8 Å². The number of amides is 1. The number of carbonyl (C=O) groups is 1. The standard InChI is InChI=1S/C35H41N5O2/c1-10-13-14-31(42-30-18-15-23(34(4,5)11-2)19-28(30)35(6,7)12-3)33(41)40-24-16-17-29-25(20-24)27(22-39-29)26(21-36)32(37-8)38-9/h15-20,22,31,39H,10-14H2,1-7H3,(H,40,41). The number of hydrogen-bond donors (Lipinski definition) is 2. The van der Waals surface area contributed by atoms with E-state index in [0.717, 1.165) is 42.5 Å². The molecule has 0 saturated carbocycles. The van der Waals surface area contributed by atoms with Crippen LogP contribution >= 0.6 is 0 Å². The quantitative estimate of drug-likeness (QED) is 0.170. The molecule has 1 heterocycles. The largest absolute Gasteiger partial charge is 0.538 e. The summed E-state index contributed by atoms with van der Waals surface area (Å²) in [6.07, 6.45) is 5.17. The van der Waals surface area contributed by atoms with Crippen molar-refractivity contribution in [1.29, 1.82) is 5.26 Å². The third kappa shape index (κ3) is 6.84. The first kappa shape index (κ1) is 32.0. The minimum absolute atomic E-state index is 0.000326. The number of hydrogen-bond acceptors (Lipinski definition) is 3. The fraction of sp³-hybridized carbons (Fsp3) is 0.429. The van der Waals surface area contributed by atoms with E-state index >= 15 is 0 Å². The Morgan fingerprint density at radius 2 is 1.74 bits per heavy atom. The van der Waals surface area contributed by atoms with Crippen LogP contribution in [0.4, 0.5) is 5.69 Å². The molecule has 1 unspecified atom stereocenters. The van der Waals surface area contributed by atoms with E-state index in [2.05, 4.69) is 80.6 Å². The first-order valence-electron chi connectivity index (χ1n) is 14.6. The molecule has 0 aliphatic rings. The van der Waals surface area contributed by atoms with Gasteiger partial charge in [0.25, 0.3) is 5.91 Å². The number of carbonyl (C=O) groups excluding carboxylic acids is 1. The van der Waals surface area contributed by atoms with Gasteiger partial charge in [-0.15, -0.1) is 0 Å². The van der Waals surface area contributed by atoms with Gasteiger partial charge in [-0.1, -0.05) is 67.0 Å². The van der Waals surface area contributed by atoms with Gasteiger partial charge in [0.2, 0.25) is 0 Å². The second-order valence-electron chi connectivity index (χ2n) is 11.9. The number of nitrogens with one attached hydrogen (secondary N) is 2. The smallest absolute Gasteiger partial charge is 0.480 e. The lowest BCUT2D eigenvalue weighted by Gasteiger charge is -2.31. The van der Waals surface area contributed by atoms with E-state index in [0.29, 0.717) is 23.1 Å². The molecule has 3 aromatic rings. The highest BCUT2D eigenvalue weighted by Gasteiger charge is 2.29. The maximum absolute atomic E-state index is 13.7. The Hall–Kier alpha value is -4.54. The molecule has 0 radical (unpaired) electrons. The number of nitrogens with zero attached hydrogens (tertiary/aromatic N) is 3. The number of unbranched alkanes of at least 4 members (excludes halogenated alkanes) is 1. The minimum atomic E-state index is -0.701. The Kier molecular flexibility index (Phi) is 10.2. The molecule has 0 bridgehead atoms. The van der Waals surface area contributed by atoms with E-state index < -0.39 is 6.10 Å². The van der Waals surface area contributed by atoms with Gasteiger partial charge in [0.1, 0.15) is 18.9 Å². The molecule has 218 valence electrons. The number of anilines is 1. The van der Waals surface area contributed by atoms with Crippen LogP contribution in [0.15, 0.2) is 48.4 Å². The highest BCUT2D eigenvalue weighted by atomic mass is 16.5. The summed E-state index contributed by atoms with van der Waals surface area (Å²) in [6.45, 7) is 29.9. The summed E-state index contributed by atoms with van der Waals surface area (Å²) in [5.41, 5.74) is 3.95. The van der Waals surface area contributed by atoms with Crippen LogP contribution in [0.2, 0.25) is 0 Å². The topological polar surface area (TPSA) is 86.6 Å². The van der Waals surface area contributed by atoms with Gasteiger partial charge in [0.15, 0.2) is 11.7 Å². The van der Waals surface area contributed by atoms with Crippen LogP contribution in [0.1, 0.15) is 97.3 Å². The van der Waals surface area contributed by atoms with E-state index in [9.17, 15) is 10.1 Å². The van der Waals surface area contributed by atoms with Crippen LogP contribution < -0.4 is 10.1 Å². The zero-order valence-corrected chi connectivity index (χ0v) is 25.8. The summed E-state index contributed by atoms with van der Waals surface area (Å²) in [4.78, 5) is 23.2. The zero-order valence-electron chi connectivity index (χ0n) is 25.8. The molecular weight excluding hydrogens is 522 g/mol. The van der Waals surface area contributed by atoms with E-state index in [1.807, 2.05) is 12.1 Å². The Labute approximate surface area is 250 Å². The molecule has 7 nitrogen and oxygen atoms in total. The highest BCUT2D eigenvalue weighted by molar-refractivity contribution is 6.01. The summed E-state index contributed by atoms with van der Waals surface area (Å²) >= 11 is 0. The van der Waals surface area contributed by atoms with E-state index in [4.69, 9.17) is 17.9 Å². The molecule has 0 fully saturated rings. The van der Waals surface area contributed by atoms with Crippen LogP contribution in [0.3, 0.4) is 0 Å². The van der Waals surface area contributed by atoms with Gasteiger partial charge in [-0.05, 0) is 66.3 Å². The molecule has 0 aliphatic heterocycles. The number of nitriles is 1. The fourth-order valence-corrected chi connectivity index (χ4v) is 4.76. The molecule has 2 N–H and O–H groups in total. The van der Waals surface area contributed by atoms with Crippen molar-refractivity contribution < 1.29 is 9.53 Å². The number of fused-ring (bicyclic) bond motifs is 1. The monoisotopic (exact) mass is 563 g/mol. The van der Waals surface area contributed by atoms with Crippen molar-refractivity contribution in [2.75, 3.05) is 5.32 Å². The second kappa shape index (κ2) is 13.4. The van der Waals surface area contributed by atoms with Gasteiger partial charge in [-0.3, -0.25) is 4.79 Å². The number of aromatic amines is 1. The Morgan fingerprint density at radius 3 is 2.33 bits per heavy atom. The average Bonchev–Trinajstić information content (AvgIpc) is 3.40. The van der Waals surface area contributed by atoms with Gasteiger partial charge < -0.3 is 15.0 Å². The molecule has 7 heteroatoms. The lowest BCUT2D eigenvalue weighted by Crippen LogP contribution is -2.34. The SMILES string of the molecule is [C-]#[N+]C([N+]#[C-])=C(C#N)c1c[nH]c2ccc(NC(=O)C(CCCC)Oc3ccc(C(C)(C)CC)cc3C(C)(C)CC)cc12. The lowest BCUT2D eigenvalue weighted by atomic mass is 9.76. The maximum Gasteiger partial charge on any atom is 0.538 e. The van der Waals surface area contributed by atoms with Crippen molar-refractivity contribution in [3.63, 3.8) is 0 Å². The van der Waals surface area contributed by atoms with Crippen LogP contribution in [0.5, 0.6) is 5.75 Å². The van der Waals surface area contributed by atoms with Crippen molar-refractivity contribution in [2.45, 2.75) is 97.5 Å². The van der Waals surface area contributed by atoms with Crippen molar-refractivity contribution in [3.05, 3.63) is 87.9 Å². The summed E-state index contributed by atoms with van der Waals surface area (Å²) in [7, 11) is 0. The number of allylic oxidation sites excluding steroid dienone is 1.